The molecule has 20 heavy (non-hydrogen) atoms. The Morgan fingerprint density at radius 2 is 1.90 bits per heavy atom. The fourth-order valence-corrected chi connectivity index (χ4v) is 4.10. The van der Waals surface area contributed by atoms with Gasteiger partial charge in [0.05, 0.1) is 0 Å². The number of halogens is 1. The quantitative estimate of drug-likeness (QED) is 0.434. The molecule has 0 bridgehead atoms. The van der Waals surface area contributed by atoms with Crippen LogP contribution in [-0.4, -0.2) is 11.8 Å². The highest BCUT2D eigenvalue weighted by molar-refractivity contribution is 9.10. The lowest BCUT2D eigenvalue weighted by Gasteiger charge is -2.14. The Hall–Kier alpha value is -0.330. The molecule has 0 fully saturated rings. The second kappa shape index (κ2) is 8.20. The predicted molar refractivity (Wildman–Crippen MR) is 93.4 cm³/mol. The van der Waals surface area contributed by atoms with Gasteiger partial charge in [0.2, 0.25) is 0 Å². The van der Waals surface area contributed by atoms with E-state index in [-0.39, 0.29) is 0 Å². The van der Waals surface area contributed by atoms with Gasteiger partial charge in [-0.2, -0.15) is 0 Å². The van der Waals surface area contributed by atoms with Gasteiger partial charge in [0.25, 0.3) is 0 Å². The van der Waals surface area contributed by atoms with E-state index in [1.54, 1.807) is 0 Å². The van der Waals surface area contributed by atoms with Gasteiger partial charge in [-0.15, -0.1) is 23.1 Å². The molecule has 2 nitrogen and oxygen atoms in total. The van der Waals surface area contributed by atoms with Crippen LogP contribution in [0.1, 0.15) is 16.7 Å². The van der Waals surface area contributed by atoms with Crippen molar-refractivity contribution < 1.29 is 0 Å². The predicted octanol–water partition coefficient (Wildman–Crippen LogP) is 4.24. The van der Waals surface area contributed by atoms with Crippen LogP contribution in [0, 0.1) is 0 Å². The Balaban J connectivity index is 1.87. The van der Waals surface area contributed by atoms with E-state index in [2.05, 4.69) is 64.7 Å². The molecule has 0 aliphatic heterocycles. The van der Waals surface area contributed by atoms with E-state index in [0.29, 0.717) is 6.04 Å². The Morgan fingerprint density at radius 3 is 2.50 bits per heavy atom. The molecule has 1 atom stereocenters. The van der Waals surface area contributed by atoms with Crippen molar-refractivity contribution in [2.24, 2.45) is 5.84 Å². The number of benzene rings is 1. The molecule has 2 aromatic rings. The number of nitrogens with one attached hydrogen (secondary N) is 1. The van der Waals surface area contributed by atoms with E-state index in [9.17, 15) is 0 Å². The smallest absolute Gasteiger partial charge is 0.0352 e. The van der Waals surface area contributed by atoms with Crippen molar-refractivity contribution in [3.63, 3.8) is 0 Å². The topological polar surface area (TPSA) is 38.0 Å². The summed E-state index contributed by atoms with van der Waals surface area (Å²) in [7, 11) is 0. The Kier molecular flexibility index (Phi) is 6.58. The monoisotopic (exact) mass is 370 g/mol. The fourth-order valence-electron chi connectivity index (χ4n) is 1.86. The molecule has 0 amide bonds. The molecule has 0 radical (unpaired) electrons. The highest BCUT2D eigenvalue weighted by Crippen LogP contribution is 2.23. The molecule has 1 aromatic carbocycles. The zero-order valence-electron chi connectivity index (χ0n) is 11.4. The van der Waals surface area contributed by atoms with Crippen LogP contribution in [0.5, 0.6) is 0 Å². The molecule has 0 saturated heterocycles. The molecule has 2 rings (SSSR count). The van der Waals surface area contributed by atoms with Crippen molar-refractivity contribution in [3.8, 4) is 0 Å². The third-order valence-corrected chi connectivity index (χ3v) is 5.97. The molecule has 1 aromatic heterocycles. The minimum absolute atomic E-state index is 0.298. The van der Waals surface area contributed by atoms with E-state index in [0.717, 1.165) is 23.1 Å². The maximum atomic E-state index is 5.68. The maximum absolute atomic E-state index is 5.68. The fraction of sp³-hybridized carbons (Fsp3) is 0.333. The zero-order chi connectivity index (χ0) is 14.4. The molecule has 5 heteroatoms. The van der Waals surface area contributed by atoms with Gasteiger partial charge >= 0.3 is 0 Å². The number of rotatable bonds is 7. The lowest BCUT2D eigenvalue weighted by molar-refractivity contribution is 0.579. The van der Waals surface area contributed by atoms with E-state index < -0.39 is 0 Å². The number of thiophene rings is 1. The van der Waals surface area contributed by atoms with Crippen LogP contribution in [0.25, 0.3) is 0 Å². The largest absolute Gasteiger partial charge is 0.271 e. The highest BCUT2D eigenvalue weighted by atomic mass is 79.9. The van der Waals surface area contributed by atoms with Gasteiger partial charge in [0, 0.05) is 30.9 Å². The zero-order valence-corrected chi connectivity index (χ0v) is 14.7. The van der Waals surface area contributed by atoms with E-state index in [1.807, 2.05) is 23.1 Å². The van der Waals surface area contributed by atoms with Crippen LogP contribution in [-0.2, 0) is 12.8 Å². The Bertz CT molecular complexity index is 525. The van der Waals surface area contributed by atoms with Gasteiger partial charge in [-0.1, -0.05) is 22.9 Å². The van der Waals surface area contributed by atoms with Gasteiger partial charge in [0.1, 0.15) is 0 Å². The van der Waals surface area contributed by atoms with E-state index in [1.165, 1.54) is 14.6 Å². The maximum Gasteiger partial charge on any atom is 0.0352 e. The highest BCUT2D eigenvalue weighted by Gasteiger charge is 2.10. The first-order valence-corrected chi connectivity index (χ1v) is 9.23. The minimum Gasteiger partial charge on any atom is -0.271 e. The van der Waals surface area contributed by atoms with Crippen molar-refractivity contribution in [3.05, 3.63) is 50.6 Å². The standard InChI is InChI=1S/C15H19BrN2S2/c1-2-13-7-8-15(20-13)9-12(18-17)10-19-14-5-3-11(16)4-6-14/h3-8,12,18H,2,9-10,17H2,1H3. The van der Waals surface area contributed by atoms with Gasteiger partial charge < -0.3 is 0 Å². The van der Waals surface area contributed by atoms with Crippen LogP contribution in [0.15, 0.2) is 45.8 Å². The number of hydrogen-bond acceptors (Lipinski definition) is 4. The summed E-state index contributed by atoms with van der Waals surface area (Å²) in [6.45, 7) is 2.19. The summed E-state index contributed by atoms with van der Waals surface area (Å²) in [5.41, 5.74) is 2.94. The normalized spacial score (nSPS) is 12.6. The molecule has 0 aliphatic rings. The Morgan fingerprint density at radius 1 is 1.20 bits per heavy atom. The van der Waals surface area contributed by atoms with Crippen molar-refractivity contribution in [2.75, 3.05) is 5.75 Å². The van der Waals surface area contributed by atoms with Crippen molar-refractivity contribution in [1.29, 1.82) is 0 Å². The lowest BCUT2D eigenvalue weighted by Crippen LogP contribution is -2.38. The molecule has 0 aliphatic carbocycles. The average molecular weight is 371 g/mol. The van der Waals surface area contributed by atoms with Crippen molar-refractivity contribution in [2.45, 2.75) is 30.7 Å². The van der Waals surface area contributed by atoms with Crippen LogP contribution >= 0.6 is 39.0 Å². The summed E-state index contributed by atoms with van der Waals surface area (Å²) >= 11 is 7.18. The number of aryl methyl sites for hydroxylation is 1. The van der Waals surface area contributed by atoms with Crippen molar-refractivity contribution >= 4 is 39.0 Å². The van der Waals surface area contributed by atoms with Crippen LogP contribution < -0.4 is 11.3 Å². The Labute approximate surface area is 137 Å². The average Bonchev–Trinajstić information content (AvgIpc) is 2.93. The van der Waals surface area contributed by atoms with E-state index >= 15 is 0 Å². The molecule has 0 saturated carbocycles. The number of thioether (sulfide) groups is 1. The van der Waals surface area contributed by atoms with Gasteiger partial charge in [-0.25, -0.2) is 0 Å². The molecule has 0 spiro atoms. The molecule has 1 unspecified atom stereocenters. The summed E-state index contributed by atoms with van der Waals surface area (Å²) in [5.74, 6) is 6.65. The molecule has 108 valence electrons. The van der Waals surface area contributed by atoms with E-state index in [4.69, 9.17) is 5.84 Å². The first-order chi connectivity index (χ1) is 9.71. The van der Waals surface area contributed by atoms with Crippen molar-refractivity contribution in [1.82, 2.24) is 5.43 Å². The first kappa shape index (κ1) is 16.0. The number of nitrogens with two attached hydrogens (primary N) is 1. The summed E-state index contributed by atoms with van der Waals surface area (Å²) in [4.78, 5) is 4.12. The summed E-state index contributed by atoms with van der Waals surface area (Å²) in [6.07, 6.45) is 2.10. The number of hydrazine groups is 1. The van der Waals surface area contributed by atoms with Gasteiger partial charge in [-0.3, -0.25) is 11.3 Å². The second-order valence-electron chi connectivity index (χ2n) is 4.55. The van der Waals surface area contributed by atoms with Crippen LogP contribution in [0.4, 0.5) is 0 Å². The van der Waals surface area contributed by atoms with Gasteiger partial charge in [-0.05, 0) is 49.2 Å². The molecular formula is C15H19BrN2S2. The van der Waals surface area contributed by atoms with Crippen LogP contribution in [0.3, 0.4) is 0 Å². The van der Waals surface area contributed by atoms with Crippen LogP contribution in [0.2, 0.25) is 0 Å². The third kappa shape index (κ3) is 4.90. The molecule has 1 heterocycles. The minimum atomic E-state index is 0.298. The lowest BCUT2D eigenvalue weighted by atomic mass is 10.2. The second-order valence-corrected chi connectivity index (χ2v) is 7.82. The molecule has 3 N–H and O–H groups in total. The SMILES string of the molecule is CCc1ccc(CC(CSc2ccc(Br)cc2)NN)s1. The summed E-state index contributed by atoms with van der Waals surface area (Å²) in [5, 5.41) is 0. The first-order valence-electron chi connectivity index (χ1n) is 6.63. The molecular weight excluding hydrogens is 352 g/mol. The third-order valence-electron chi connectivity index (χ3n) is 3.01. The van der Waals surface area contributed by atoms with Gasteiger partial charge in [0.15, 0.2) is 0 Å². The summed E-state index contributed by atoms with van der Waals surface area (Å²) < 4.78 is 1.11. The summed E-state index contributed by atoms with van der Waals surface area (Å²) in [6, 6.07) is 13.1. The number of hydrogen-bond donors (Lipinski definition) is 2.